The summed E-state index contributed by atoms with van der Waals surface area (Å²) in [6.07, 6.45) is 3.72. The number of aromatic nitrogens is 2. The molecule has 12 rings (SSSR count). The van der Waals surface area contributed by atoms with Gasteiger partial charge in [-0.1, -0.05) is 109 Å². The molecule has 0 amide bonds. The van der Waals surface area contributed by atoms with E-state index in [1.54, 1.807) is 0 Å². The quantitative estimate of drug-likeness (QED) is 0.158. The molecule has 0 aliphatic heterocycles. The minimum Gasteiger partial charge on any atom is -0.456 e. The Bertz CT molecular complexity index is 3300. The second-order valence-corrected chi connectivity index (χ2v) is 14.5. The Morgan fingerprint density at radius 2 is 0.672 bits per heavy atom. The molecule has 0 saturated heterocycles. The van der Waals surface area contributed by atoms with Crippen LogP contribution >= 0.6 is 0 Å². The second-order valence-electron chi connectivity index (χ2n) is 14.5. The number of fused-ring (bicyclic) bond motifs is 11. The van der Waals surface area contributed by atoms with Gasteiger partial charge in [-0.15, -0.1) is 0 Å². The zero-order valence-corrected chi connectivity index (χ0v) is 31.1. The predicted octanol–water partition coefficient (Wildman–Crippen LogP) is 14.7. The first kappa shape index (κ1) is 32.3. The number of para-hydroxylation sites is 2. The number of nitrogens with zero attached hydrogens (tertiary/aromatic N) is 4. The van der Waals surface area contributed by atoms with Crippen LogP contribution in [0.15, 0.2) is 203 Å². The van der Waals surface area contributed by atoms with E-state index in [1.807, 2.05) is 73.1 Å². The lowest BCUT2D eigenvalue weighted by Crippen LogP contribution is -2.13. The lowest BCUT2D eigenvalue weighted by Gasteiger charge is -2.29. The van der Waals surface area contributed by atoms with Gasteiger partial charge >= 0.3 is 0 Å². The van der Waals surface area contributed by atoms with Gasteiger partial charge in [-0.25, -0.2) is 9.97 Å². The van der Waals surface area contributed by atoms with Gasteiger partial charge in [-0.05, 0) is 94.3 Å². The average Bonchev–Trinajstić information content (AvgIpc) is 3.87. The highest BCUT2D eigenvalue weighted by Gasteiger charge is 2.26. The highest BCUT2D eigenvalue weighted by Crippen LogP contribution is 2.50. The van der Waals surface area contributed by atoms with Crippen molar-refractivity contribution in [1.29, 1.82) is 0 Å². The third kappa shape index (κ3) is 4.85. The third-order valence-corrected chi connectivity index (χ3v) is 11.3. The van der Waals surface area contributed by atoms with E-state index in [1.165, 1.54) is 0 Å². The molecule has 6 nitrogen and oxygen atoms in total. The number of anilines is 6. The van der Waals surface area contributed by atoms with E-state index in [9.17, 15) is 0 Å². The normalized spacial score (nSPS) is 11.8. The van der Waals surface area contributed by atoms with Gasteiger partial charge in [0.2, 0.25) is 0 Å². The highest BCUT2D eigenvalue weighted by atomic mass is 16.3. The third-order valence-electron chi connectivity index (χ3n) is 11.3. The van der Waals surface area contributed by atoms with E-state index in [-0.39, 0.29) is 0 Å². The average molecular weight is 745 g/mol. The number of furan rings is 2. The first-order valence-corrected chi connectivity index (χ1v) is 19.4. The summed E-state index contributed by atoms with van der Waals surface area (Å²) in [5, 5.41) is 10.9. The molecule has 0 N–H and O–H groups in total. The topological polar surface area (TPSA) is 58.5 Å². The molecule has 0 unspecified atom stereocenters. The van der Waals surface area contributed by atoms with Gasteiger partial charge in [0, 0.05) is 33.9 Å². The van der Waals surface area contributed by atoms with Crippen molar-refractivity contribution < 1.29 is 8.83 Å². The lowest BCUT2D eigenvalue weighted by molar-refractivity contribution is 0.668. The van der Waals surface area contributed by atoms with E-state index in [0.29, 0.717) is 0 Å². The fourth-order valence-corrected chi connectivity index (χ4v) is 8.89. The number of benzene rings is 8. The Hall–Kier alpha value is -7.96. The van der Waals surface area contributed by atoms with Crippen molar-refractivity contribution in [3.05, 3.63) is 194 Å². The van der Waals surface area contributed by atoms with Gasteiger partial charge < -0.3 is 8.83 Å². The summed E-state index contributed by atoms with van der Waals surface area (Å²) >= 11 is 0. The molecule has 0 spiro atoms. The maximum absolute atomic E-state index is 6.42. The monoisotopic (exact) mass is 744 g/mol. The SMILES string of the molecule is c1ccc(N(c2cc3c4ccccc4c(N(c4ccccn4)c4cccc5oc6ccccc6c45)cc3c3ccccc23)c2cccc3oc4ccccc4c23)nc1. The summed E-state index contributed by atoms with van der Waals surface area (Å²) in [5.74, 6) is 1.62. The van der Waals surface area contributed by atoms with Gasteiger partial charge in [-0.3, -0.25) is 9.80 Å². The van der Waals surface area contributed by atoms with Crippen molar-refractivity contribution in [3.8, 4) is 0 Å². The second kappa shape index (κ2) is 12.8. The molecule has 272 valence electrons. The fraction of sp³-hybridized carbons (Fsp3) is 0. The molecule has 0 aliphatic rings. The number of hydrogen-bond acceptors (Lipinski definition) is 6. The molecule has 0 radical (unpaired) electrons. The summed E-state index contributed by atoms with van der Waals surface area (Å²) in [4.78, 5) is 14.5. The molecule has 0 saturated carbocycles. The van der Waals surface area contributed by atoms with E-state index in [0.717, 1.165) is 111 Å². The number of hydrogen-bond donors (Lipinski definition) is 0. The summed E-state index contributed by atoms with van der Waals surface area (Å²) in [5.41, 5.74) is 7.39. The van der Waals surface area contributed by atoms with Crippen LogP contribution in [-0.4, -0.2) is 9.97 Å². The molecule has 0 aliphatic carbocycles. The molecule has 8 aromatic carbocycles. The standard InChI is InChI=1S/C52H32N4O2/c1-3-17-35-33(15-1)39-31-44(56(50-28-10-12-30-54-50)42-22-14-26-48-52(42)38-20-6-8-24-46(38)58-48)36-18-4-2-16-34(36)40(39)32-43(35)55(49-27-9-11-29-53-49)41-21-13-25-47-51(41)37-19-5-7-23-45(37)57-47/h1-32H. The molecular weight excluding hydrogens is 713 g/mol. The van der Waals surface area contributed by atoms with Gasteiger partial charge in [-0.2, -0.15) is 0 Å². The summed E-state index contributed by atoms with van der Waals surface area (Å²) in [7, 11) is 0. The molecular formula is C52H32N4O2. The largest absolute Gasteiger partial charge is 0.456 e. The minimum atomic E-state index is 0.812. The van der Waals surface area contributed by atoms with Crippen molar-refractivity contribution in [2.24, 2.45) is 0 Å². The Balaban J connectivity index is 1.19. The summed E-state index contributed by atoms with van der Waals surface area (Å²) < 4.78 is 12.8. The van der Waals surface area contributed by atoms with E-state index >= 15 is 0 Å². The molecule has 58 heavy (non-hydrogen) atoms. The van der Waals surface area contributed by atoms with Crippen LogP contribution in [0.3, 0.4) is 0 Å². The number of rotatable bonds is 6. The van der Waals surface area contributed by atoms with E-state index < -0.39 is 0 Å². The molecule has 12 aromatic rings. The van der Waals surface area contributed by atoms with Crippen molar-refractivity contribution in [2.75, 3.05) is 9.80 Å². The molecule has 0 fully saturated rings. The van der Waals surface area contributed by atoms with Crippen LogP contribution in [0.5, 0.6) is 0 Å². The van der Waals surface area contributed by atoms with Crippen LogP contribution in [0.1, 0.15) is 0 Å². The van der Waals surface area contributed by atoms with Gasteiger partial charge in [0.25, 0.3) is 0 Å². The maximum Gasteiger partial charge on any atom is 0.137 e. The minimum absolute atomic E-state index is 0.812. The Morgan fingerprint density at radius 3 is 1.10 bits per heavy atom. The van der Waals surface area contributed by atoms with E-state index in [2.05, 4.69) is 131 Å². The Labute approximate surface area is 332 Å². The first-order chi connectivity index (χ1) is 28.8. The highest BCUT2D eigenvalue weighted by molar-refractivity contribution is 6.26. The zero-order chi connectivity index (χ0) is 38.2. The van der Waals surface area contributed by atoms with Crippen molar-refractivity contribution in [2.45, 2.75) is 0 Å². The number of pyridine rings is 2. The first-order valence-electron chi connectivity index (χ1n) is 19.4. The smallest absolute Gasteiger partial charge is 0.137 e. The van der Waals surface area contributed by atoms with Crippen LogP contribution in [0, 0.1) is 0 Å². The molecule has 6 heteroatoms. The predicted molar refractivity (Wildman–Crippen MR) is 238 cm³/mol. The van der Waals surface area contributed by atoms with Crippen LogP contribution in [0.4, 0.5) is 34.4 Å². The molecule has 0 atom stereocenters. The lowest BCUT2D eigenvalue weighted by atomic mass is 9.93. The van der Waals surface area contributed by atoms with Crippen molar-refractivity contribution in [3.63, 3.8) is 0 Å². The summed E-state index contributed by atoms with van der Waals surface area (Å²) in [6.45, 7) is 0. The Kier molecular flexibility index (Phi) is 7.13. The van der Waals surface area contributed by atoms with Crippen LogP contribution in [-0.2, 0) is 0 Å². The van der Waals surface area contributed by atoms with Crippen molar-refractivity contribution in [1.82, 2.24) is 9.97 Å². The van der Waals surface area contributed by atoms with Crippen LogP contribution in [0.2, 0.25) is 0 Å². The molecule has 4 heterocycles. The Morgan fingerprint density at radius 1 is 0.293 bits per heavy atom. The van der Waals surface area contributed by atoms with Crippen LogP contribution in [0.25, 0.3) is 76.2 Å². The zero-order valence-electron chi connectivity index (χ0n) is 31.1. The van der Waals surface area contributed by atoms with Gasteiger partial charge in [0.05, 0.1) is 33.5 Å². The molecule has 4 aromatic heterocycles. The fourth-order valence-electron chi connectivity index (χ4n) is 8.89. The molecule has 0 bridgehead atoms. The summed E-state index contributed by atoms with van der Waals surface area (Å²) in [6, 6.07) is 63.3. The van der Waals surface area contributed by atoms with Crippen LogP contribution < -0.4 is 9.80 Å². The van der Waals surface area contributed by atoms with Gasteiger partial charge in [0.1, 0.15) is 34.0 Å². The van der Waals surface area contributed by atoms with Gasteiger partial charge in [0.15, 0.2) is 0 Å². The van der Waals surface area contributed by atoms with E-state index in [4.69, 9.17) is 18.8 Å². The maximum atomic E-state index is 6.42. The van der Waals surface area contributed by atoms with Crippen molar-refractivity contribution >= 4 is 111 Å².